The first-order chi connectivity index (χ1) is 30.7. The minimum Gasteiger partial charge on any atom is -0.309 e. The summed E-state index contributed by atoms with van der Waals surface area (Å²) in [7, 11) is 0. The molecule has 9 aromatic carbocycles. The van der Waals surface area contributed by atoms with Gasteiger partial charge < -0.3 is 4.57 Å². The molecule has 0 aliphatic heterocycles. The zero-order valence-corrected chi connectivity index (χ0v) is 33.7. The molecule has 62 heavy (non-hydrogen) atoms. The maximum atomic E-state index is 5.11. The lowest BCUT2D eigenvalue weighted by Gasteiger charge is -2.34. The van der Waals surface area contributed by atoms with Crippen molar-refractivity contribution in [2.75, 3.05) is 0 Å². The summed E-state index contributed by atoms with van der Waals surface area (Å²) in [5.74, 6) is 1.90. The molecule has 4 heteroatoms. The van der Waals surface area contributed by atoms with Crippen molar-refractivity contribution in [1.82, 2.24) is 19.5 Å². The van der Waals surface area contributed by atoms with E-state index in [0.29, 0.717) is 17.5 Å². The van der Waals surface area contributed by atoms with E-state index < -0.39 is 5.41 Å². The van der Waals surface area contributed by atoms with Gasteiger partial charge in [0.1, 0.15) is 0 Å². The number of benzene rings is 9. The van der Waals surface area contributed by atoms with Crippen molar-refractivity contribution >= 4 is 21.8 Å². The van der Waals surface area contributed by atoms with E-state index >= 15 is 0 Å². The number of hydrogen-bond donors (Lipinski definition) is 0. The van der Waals surface area contributed by atoms with Crippen molar-refractivity contribution in [2.45, 2.75) is 5.41 Å². The standard InChI is InChI=1S/C58H38N4/c1-6-19-39(20-7-1)42-33-34-53-49(36-42)50-37-52-48(47-31-16-17-32-51(47)58(52,44-26-12-4-13-27-44)45-28-14-5-15-29-45)38-54(50)62(53)46-30-18-25-43(35-46)57-60-55(40-21-8-2-9-22-40)59-56(61-57)41-23-10-3-11-24-41/h1-38H. The van der Waals surface area contributed by atoms with Gasteiger partial charge in [-0.15, -0.1) is 0 Å². The predicted molar refractivity (Wildman–Crippen MR) is 253 cm³/mol. The van der Waals surface area contributed by atoms with E-state index in [1.165, 1.54) is 55.3 Å². The Labute approximate surface area is 360 Å². The van der Waals surface area contributed by atoms with Crippen LogP contribution in [0.2, 0.25) is 0 Å². The first-order valence-electron chi connectivity index (χ1n) is 21.1. The number of hydrogen-bond acceptors (Lipinski definition) is 3. The fourth-order valence-corrected chi connectivity index (χ4v) is 9.76. The molecular formula is C58H38N4. The maximum Gasteiger partial charge on any atom is 0.164 e. The molecule has 2 aromatic heterocycles. The smallest absolute Gasteiger partial charge is 0.164 e. The lowest BCUT2D eigenvalue weighted by atomic mass is 9.67. The summed E-state index contributed by atoms with van der Waals surface area (Å²) in [6.07, 6.45) is 0. The van der Waals surface area contributed by atoms with Gasteiger partial charge in [-0.05, 0) is 80.9 Å². The summed E-state index contributed by atoms with van der Waals surface area (Å²) in [5.41, 5.74) is 15.5. The summed E-state index contributed by atoms with van der Waals surface area (Å²) in [5, 5.41) is 2.39. The Balaban J connectivity index is 1.13. The van der Waals surface area contributed by atoms with Crippen LogP contribution in [0.4, 0.5) is 0 Å². The first-order valence-corrected chi connectivity index (χ1v) is 21.1. The Morgan fingerprint density at radius 3 is 1.42 bits per heavy atom. The van der Waals surface area contributed by atoms with E-state index in [2.05, 4.69) is 174 Å². The highest BCUT2D eigenvalue weighted by Crippen LogP contribution is 2.57. The van der Waals surface area contributed by atoms with Gasteiger partial charge in [-0.1, -0.05) is 194 Å². The second-order valence-electron chi connectivity index (χ2n) is 16.0. The Morgan fingerprint density at radius 1 is 0.306 bits per heavy atom. The Hall–Kier alpha value is -8.21. The van der Waals surface area contributed by atoms with Gasteiger partial charge in [-0.25, -0.2) is 15.0 Å². The van der Waals surface area contributed by atoms with Crippen molar-refractivity contribution in [2.24, 2.45) is 0 Å². The monoisotopic (exact) mass is 790 g/mol. The number of aromatic nitrogens is 4. The van der Waals surface area contributed by atoms with Crippen molar-refractivity contribution in [3.05, 3.63) is 253 Å². The molecule has 0 fully saturated rings. The van der Waals surface area contributed by atoms with E-state index in [9.17, 15) is 0 Å². The SMILES string of the molecule is c1ccc(-c2ccc3c(c2)c2cc4c(cc2n3-c2cccc(-c3nc(-c5ccccc5)nc(-c5ccccc5)n3)c2)-c2ccccc2C4(c2ccccc2)c2ccccc2)cc1. The molecule has 0 unspecified atom stereocenters. The molecule has 12 rings (SSSR count). The van der Waals surface area contributed by atoms with Crippen LogP contribution in [0.3, 0.4) is 0 Å². The molecule has 0 bridgehead atoms. The van der Waals surface area contributed by atoms with Gasteiger partial charge in [-0.3, -0.25) is 0 Å². The third-order valence-electron chi connectivity index (χ3n) is 12.5. The Kier molecular flexibility index (Phi) is 8.36. The minimum atomic E-state index is -0.514. The lowest BCUT2D eigenvalue weighted by Crippen LogP contribution is -2.28. The fourth-order valence-electron chi connectivity index (χ4n) is 9.76. The van der Waals surface area contributed by atoms with Crippen LogP contribution in [0, 0.1) is 0 Å². The molecule has 0 atom stereocenters. The normalized spacial score (nSPS) is 12.6. The number of fused-ring (bicyclic) bond motifs is 6. The third-order valence-corrected chi connectivity index (χ3v) is 12.5. The van der Waals surface area contributed by atoms with E-state index in [-0.39, 0.29) is 0 Å². The Morgan fingerprint density at radius 2 is 0.806 bits per heavy atom. The Bertz CT molecular complexity index is 3340. The topological polar surface area (TPSA) is 43.6 Å². The second kappa shape index (κ2) is 14.5. The van der Waals surface area contributed by atoms with E-state index in [4.69, 9.17) is 15.0 Å². The quantitative estimate of drug-likeness (QED) is 0.161. The molecule has 0 amide bonds. The summed E-state index contributed by atoms with van der Waals surface area (Å²) in [6, 6.07) is 82.5. The molecule has 1 aliphatic carbocycles. The van der Waals surface area contributed by atoms with Gasteiger partial charge in [0.15, 0.2) is 17.5 Å². The summed E-state index contributed by atoms with van der Waals surface area (Å²) < 4.78 is 2.42. The molecule has 4 nitrogen and oxygen atoms in total. The van der Waals surface area contributed by atoms with Gasteiger partial charge >= 0.3 is 0 Å². The zero-order valence-electron chi connectivity index (χ0n) is 33.7. The van der Waals surface area contributed by atoms with Crippen LogP contribution in [0.5, 0.6) is 0 Å². The summed E-state index contributed by atoms with van der Waals surface area (Å²) in [4.78, 5) is 15.2. The van der Waals surface area contributed by atoms with Crippen molar-refractivity contribution in [1.29, 1.82) is 0 Å². The molecule has 11 aromatic rings. The molecule has 0 N–H and O–H groups in total. The highest BCUT2D eigenvalue weighted by Gasteiger charge is 2.46. The molecule has 0 radical (unpaired) electrons. The molecule has 290 valence electrons. The molecule has 0 saturated heterocycles. The van der Waals surface area contributed by atoms with Crippen molar-refractivity contribution < 1.29 is 0 Å². The zero-order chi connectivity index (χ0) is 41.0. The van der Waals surface area contributed by atoms with E-state index in [1.54, 1.807) is 0 Å². The molecule has 2 heterocycles. The molecular weight excluding hydrogens is 753 g/mol. The van der Waals surface area contributed by atoms with Crippen LogP contribution < -0.4 is 0 Å². The van der Waals surface area contributed by atoms with Crippen LogP contribution in [-0.4, -0.2) is 19.5 Å². The fraction of sp³-hybridized carbons (Fsp3) is 0.0172. The van der Waals surface area contributed by atoms with Gasteiger partial charge in [0.2, 0.25) is 0 Å². The minimum absolute atomic E-state index is 0.514. The van der Waals surface area contributed by atoms with Gasteiger partial charge in [0.25, 0.3) is 0 Å². The molecule has 0 spiro atoms. The van der Waals surface area contributed by atoms with Crippen molar-refractivity contribution in [3.63, 3.8) is 0 Å². The predicted octanol–water partition coefficient (Wildman–Crippen LogP) is 14.0. The number of rotatable bonds is 7. The van der Waals surface area contributed by atoms with Crippen LogP contribution in [0.25, 0.3) is 83.9 Å². The highest BCUT2D eigenvalue weighted by molar-refractivity contribution is 6.13. The second-order valence-corrected chi connectivity index (χ2v) is 16.0. The van der Waals surface area contributed by atoms with Gasteiger partial charge in [0, 0.05) is 33.2 Å². The van der Waals surface area contributed by atoms with E-state index in [0.717, 1.165) is 33.4 Å². The number of nitrogens with zero attached hydrogens (tertiary/aromatic N) is 4. The molecule has 0 saturated carbocycles. The van der Waals surface area contributed by atoms with Gasteiger partial charge in [0.05, 0.1) is 16.4 Å². The van der Waals surface area contributed by atoms with E-state index in [1.807, 2.05) is 60.7 Å². The average molecular weight is 791 g/mol. The summed E-state index contributed by atoms with van der Waals surface area (Å²) >= 11 is 0. The average Bonchev–Trinajstić information content (AvgIpc) is 3.84. The van der Waals surface area contributed by atoms with Crippen LogP contribution >= 0.6 is 0 Å². The highest BCUT2D eigenvalue weighted by atomic mass is 15.0. The third kappa shape index (κ3) is 5.65. The lowest BCUT2D eigenvalue weighted by molar-refractivity contribution is 0.769. The molecule has 1 aliphatic rings. The van der Waals surface area contributed by atoms with Crippen LogP contribution in [0.15, 0.2) is 231 Å². The van der Waals surface area contributed by atoms with Crippen LogP contribution in [0.1, 0.15) is 22.3 Å². The first kappa shape index (κ1) is 35.7. The summed E-state index contributed by atoms with van der Waals surface area (Å²) in [6.45, 7) is 0. The maximum absolute atomic E-state index is 5.11. The van der Waals surface area contributed by atoms with Crippen LogP contribution in [-0.2, 0) is 5.41 Å². The largest absolute Gasteiger partial charge is 0.309 e. The van der Waals surface area contributed by atoms with Crippen molar-refractivity contribution in [3.8, 4) is 62.1 Å². The van der Waals surface area contributed by atoms with Gasteiger partial charge in [-0.2, -0.15) is 0 Å².